The number of hydrogen-bond donors (Lipinski definition) is 2. The van der Waals surface area contributed by atoms with Crippen LogP contribution in [0.5, 0.6) is 0 Å². The maximum atomic E-state index is 12.9. The number of hydrogen-bond acceptors (Lipinski definition) is 5. The minimum absolute atomic E-state index is 0.155. The number of alkyl halides is 1. The van der Waals surface area contributed by atoms with E-state index in [1.165, 1.54) is 5.41 Å². The fourth-order valence-electron chi connectivity index (χ4n) is 4.01. The summed E-state index contributed by atoms with van der Waals surface area (Å²) in [5.41, 5.74) is 0.655. The first kappa shape index (κ1) is 17.9. The molecule has 0 bridgehead atoms. The lowest BCUT2D eigenvalue weighted by Crippen LogP contribution is -2.65. The molecule has 2 aliphatic rings. The topological polar surface area (TPSA) is 83.5 Å². The van der Waals surface area contributed by atoms with Crippen molar-refractivity contribution in [3.05, 3.63) is 11.0 Å². The molecule has 5 nitrogen and oxygen atoms in total. The van der Waals surface area contributed by atoms with Gasteiger partial charge in [-0.25, -0.2) is 8.42 Å². The molecule has 0 aromatic heterocycles. The Morgan fingerprint density at radius 3 is 2.64 bits per heavy atom. The molecule has 2 rings (SSSR count). The van der Waals surface area contributed by atoms with Crippen LogP contribution in [0.25, 0.3) is 0 Å². The van der Waals surface area contributed by atoms with Crippen LogP contribution in [0.3, 0.4) is 0 Å². The van der Waals surface area contributed by atoms with Gasteiger partial charge in [0.1, 0.15) is 0 Å². The summed E-state index contributed by atoms with van der Waals surface area (Å²) in [6, 6.07) is -0.155. The lowest BCUT2D eigenvalue weighted by molar-refractivity contribution is -0.130. The Balaban J connectivity index is 2.68. The number of rotatable bonds is 5. The first-order valence-corrected chi connectivity index (χ1v) is 9.71. The van der Waals surface area contributed by atoms with Gasteiger partial charge in [0, 0.05) is 29.7 Å². The number of carbonyl (C=O) groups excluding carboxylic acids is 1. The summed E-state index contributed by atoms with van der Waals surface area (Å²) in [4.78, 5) is 12.7. The van der Waals surface area contributed by atoms with E-state index in [9.17, 15) is 18.3 Å². The van der Waals surface area contributed by atoms with Crippen molar-refractivity contribution in [1.29, 1.82) is 0 Å². The van der Waals surface area contributed by atoms with Crippen molar-refractivity contribution in [3.8, 4) is 0 Å². The molecule has 1 aliphatic heterocycles. The van der Waals surface area contributed by atoms with E-state index in [4.69, 9.17) is 11.6 Å². The smallest absolute Gasteiger partial charge is 0.187 e. The second kappa shape index (κ2) is 6.23. The molecule has 4 atom stereocenters. The number of fused-ring (bicyclic) bond motifs is 1. The van der Waals surface area contributed by atoms with Crippen molar-refractivity contribution in [2.45, 2.75) is 50.0 Å². The zero-order valence-corrected chi connectivity index (χ0v) is 14.7. The van der Waals surface area contributed by atoms with Crippen LogP contribution in [0.15, 0.2) is 11.0 Å². The molecule has 1 aliphatic carbocycles. The predicted octanol–water partition coefficient (Wildman–Crippen LogP) is 1.25. The van der Waals surface area contributed by atoms with Gasteiger partial charge in [-0.05, 0) is 25.8 Å². The summed E-state index contributed by atoms with van der Waals surface area (Å²) < 4.78 is 24.0. The van der Waals surface area contributed by atoms with Gasteiger partial charge in [0.2, 0.25) is 0 Å². The Morgan fingerprint density at radius 2 is 2.14 bits per heavy atom. The highest BCUT2D eigenvalue weighted by Gasteiger charge is 2.67. The summed E-state index contributed by atoms with van der Waals surface area (Å²) >= 11 is 5.82. The van der Waals surface area contributed by atoms with E-state index < -0.39 is 26.6 Å². The van der Waals surface area contributed by atoms with Crippen molar-refractivity contribution in [3.63, 3.8) is 0 Å². The van der Waals surface area contributed by atoms with E-state index in [2.05, 4.69) is 5.32 Å². The zero-order chi connectivity index (χ0) is 16.7. The lowest BCUT2D eigenvalue weighted by Gasteiger charge is -2.46. The van der Waals surface area contributed by atoms with Crippen LogP contribution >= 0.6 is 11.6 Å². The number of sulfone groups is 1. The molecule has 1 unspecified atom stereocenters. The third kappa shape index (κ3) is 2.35. The van der Waals surface area contributed by atoms with E-state index in [-0.39, 0.29) is 30.0 Å². The monoisotopic (exact) mass is 349 g/mol. The quantitative estimate of drug-likeness (QED) is 0.730. The Hall–Kier alpha value is -0.430. The van der Waals surface area contributed by atoms with Crippen LogP contribution in [0, 0.1) is 11.8 Å². The van der Waals surface area contributed by atoms with Gasteiger partial charge in [0.25, 0.3) is 0 Å². The van der Waals surface area contributed by atoms with E-state index in [1.54, 1.807) is 20.9 Å². The average molecular weight is 350 g/mol. The highest BCUT2D eigenvalue weighted by atomic mass is 35.5. The molecule has 0 spiro atoms. The minimum atomic E-state index is -3.88. The molecule has 22 heavy (non-hydrogen) atoms. The first-order chi connectivity index (χ1) is 10.2. The molecule has 0 radical (unpaired) electrons. The van der Waals surface area contributed by atoms with Crippen molar-refractivity contribution in [1.82, 2.24) is 5.32 Å². The first-order valence-electron chi connectivity index (χ1n) is 7.63. The second-order valence-corrected chi connectivity index (χ2v) is 8.87. The van der Waals surface area contributed by atoms with Gasteiger partial charge in [-0.15, -0.1) is 11.6 Å². The molecule has 0 aromatic rings. The number of nitrogens with one attached hydrogen (secondary N) is 1. The van der Waals surface area contributed by atoms with Gasteiger partial charge in [0.05, 0.1) is 6.10 Å². The number of aliphatic hydroxyl groups is 1. The fourth-order valence-corrected chi connectivity index (χ4v) is 6.78. The Morgan fingerprint density at radius 1 is 1.50 bits per heavy atom. The third-order valence-corrected chi connectivity index (χ3v) is 7.45. The maximum absolute atomic E-state index is 12.9. The van der Waals surface area contributed by atoms with Gasteiger partial charge in [-0.3, -0.25) is 4.79 Å². The molecule has 2 N–H and O–H groups in total. The van der Waals surface area contributed by atoms with Crippen LogP contribution < -0.4 is 5.32 Å². The largest absolute Gasteiger partial charge is 0.391 e. The molecular weight excluding hydrogens is 326 g/mol. The van der Waals surface area contributed by atoms with Crippen molar-refractivity contribution in [2.24, 2.45) is 11.8 Å². The molecule has 126 valence electrons. The highest BCUT2D eigenvalue weighted by Crippen LogP contribution is 2.51. The van der Waals surface area contributed by atoms with Crippen LogP contribution in [0.1, 0.15) is 33.1 Å². The molecule has 0 saturated heterocycles. The highest BCUT2D eigenvalue weighted by molar-refractivity contribution is 7.96. The summed E-state index contributed by atoms with van der Waals surface area (Å²) in [6.45, 7) is 3.48. The van der Waals surface area contributed by atoms with Crippen LogP contribution in [0.4, 0.5) is 0 Å². The standard InChI is InChI=1S/C15H24ClNO4S/c1-9(2)14(19)15-12(18)5-4-11(17-3)13(15)10(6-7-16)8-22(15,20)21/h8-9,11,13-14,17,19H,4-7H2,1-3H3/t11?,13-,14+,15+/m1/s1. The van der Waals surface area contributed by atoms with Gasteiger partial charge in [0.15, 0.2) is 20.4 Å². The predicted molar refractivity (Wildman–Crippen MR) is 86.5 cm³/mol. The van der Waals surface area contributed by atoms with Crippen molar-refractivity contribution < 1.29 is 18.3 Å². The SMILES string of the molecule is CNC1CCC(=O)[C@@]2([C@@H](O)C(C)C)[C@@H]1C(CCCl)=CS2(=O)=O. The number of aliphatic hydroxyl groups excluding tert-OH is 1. The minimum Gasteiger partial charge on any atom is -0.391 e. The molecular formula is C15H24ClNO4S. The van der Waals surface area contributed by atoms with Gasteiger partial charge < -0.3 is 10.4 Å². The van der Waals surface area contributed by atoms with E-state index >= 15 is 0 Å². The molecule has 1 heterocycles. The van der Waals surface area contributed by atoms with Gasteiger partial charge in [-0.1, -0.05) is 19.4 Å². The fraction of sp³-hybridized carbons (Fsp3) is 0.800. The van der Waals surface area contributed by atoms with E-state index in [0.29, 0.717) is 18.4 Å². The molecule has 7 heteroatoms. The number of halogens is 1. The Bertz CT molecular complexity index is 586. The molecule has 1 saturated carbocycles. The van der Waals surface area contributed by atoms with Crippen molar-refractivity contribution in [2.75, 3.05) is 12.9 Å². The summed E-state index contributed by atoms with van der Waals surface area (Å²) in [5, 5.41) is 15.0. The summed E-state index contributed by atoms with van der Waals surface area (Å²) in [5.74, 6) is -0.956. The van der Waals surface area contributed by atoms with Crippen LogP contribution in [-0.2, 0) is 14.6 Å². The number of Topliss-reactive ketones (excluding diaryl/α,β-unsaturated/α-hetero) is 1. The van der Waals surface area contributed by atoms with Gasteiger partial charge >= 0.3 is 0 Å². The summed E-state index contributed by atoms with van der Waals surface area (Å²) in [6.07, 6.45) is -0.0895. The van der Waals surface area contributed by atoms with Crippen LogP contribution in [0.2, 0.25) is 0 Å². The number of carbonyl (C=O) groups is 1. The van der Waals surface area contributed by atoms with Crippen molar-refractivity contribution >= 4 is 27.2 Å². The normalized spacial score (nSPS) is 35.4. The number of ketones is 1. The molecule has 0 aromatic carbocycles. The molecule has 1 fully saturated rings. The maximum Gasteiger partial charge on any atom is 0.187 e. The van der Waals surface area contributed by atoms with Gasteiger partial charge in [-0.2, -0.15) is 0 Å². The summed E-state index contributed by atoms with van der Waals surface area (Å²) in [7, 11) is -2.12. The molecule has 0 amide bonds. The third-order valence-electron chi connectivity index (χ3n) is 4.98. The van der Waals surface area contributed by atoms with E-state index in [0.717, 1.165) is 0 Å². The lowest BCUT2D eigenvalue weighted by atomic mass is 9.66. The Kier molecular flexibility index (Phi) is 5.07. The average Bonchev–Trinajstić information content (AvgIpc) is 2.68. The Labute approximate surface area is 137 Å². The van der Waals surface area contributed by atoms with E-state index in [1.807, 2.05) is 0 Å². The second-order valence-electron chi connectivity index (χ2n) is 6.49. The van der Waals surface area contributed by atoms with Crippen LogP contribution in [-0.4, -0.2) is 49.1 Å². The zero-order valence-electron chi connectivity index (χ0n) is 13.2.